The molecule has 4 heteroatoms. The van der Waals surface area contributed by atoms with Crippen LogP contribution in [0.1, 0.15) is 13.8 Å². The van der Waals surface area contributed by atoms with E-state index < -0.39 is 0 Å². The Labute approximate surface area is 112 Å². The molecule has 94 valence electrons. The second-order valence-corrected chi connectivity index (χ2v) is 6.28. The number of benzene rings is 1. The Morgan fingerprint density at radius 2 is 1.94 bits per heavy atom. The van der Waals surface area contributed by atoms with Crippen LogP contribution in [0.25, 0.3) is 0 Å². The molecule has 1 aliphatic rings. The number of thiol groups is 1. The van der Waals surface area contributed by atoms with E-state index in [0.717, 1.165) is 23.0 Å². The molecule has 0 saturated heterocycles. The Morgan fingerprint density at radius 3 is 2.65 bits per heavy atom. The summed E-state index contributed by atoms with van der Waals surface area (Å²) in [7, 11) is 0. The number of hydrogen-bond acceptors (Lipinski definition) is 4. The van der Waals surface area contributed by atoms with E-state index in [1.807, 2.05) is 17.8 Å². The molecular weight excluding hydrogens is 252 g/mol. The van der Waals surface area contributed by atoms with E-state index in [1.165, 1.54) is 4.90 Å². The highest BCUT2D eigenvalue weighted by molar-refractivity contribution is 7.99. The van der Waals surface area contributed by atoms with Gasteiger partial charge in [0.15, 0.2) is 11.5 Å². The van der Waals surface area contributed by atoms with E-state index in [0.29, 0.717) is 13.2 Å². The monoisotopic (exact) mass is 270 g/mol. The van der Waals surface area contributed by atoms with Gasteiger partial charge in [-0.3, -0.25) is 0 Å². The van der Waals surface area contributed by atoms with Crippen molar-refractivity contribution < 1.29 is 9.47 Å². The number of hydrogen-bond donors (Lipinski definition) is 1. The molecule has 0 radical (unpaired) electrons. The van der Waals surface area contributed by atoms with Gasteiger partial charge in [0.25, 0.3) is 0 Å². The smallest absolute Gasteiger partial charge is 0.162 e. The van der Waals surface area contributed by atoms with E-state index >= 15 is 0 Å². The normalized spacial score (nSPS) is 14.8. The van der Waals surface area contributed by atoms with Crippen LogP contribution in [0, 0.1) is 5.41 Å². The summed E-state index contributed by atoms with van der Waals surface area (Å²) in [5.74, 6) is 3.67. The van der Waals surface area contributed by atoms with Crippen LogP contribution in [0.3, 0.4) is 0 Å². The third-order valence-corrected chi connectivity index (χ3v) is 4.94. The van der Waals surface area contributed by atoms with E-state index in [1.54, 1.807) is 0 Å². The van der Waals surface area contributed by atoms with Crippen LogP contribution in [0.15, 0.2) is 23.1 Å². The molecule has 0 N–H and O–H groups in total. The maximum Gasteiger partial charge on any atom is 0.162 e. The quantitative estimate of drug-likeness (QED) is 0.667. The Kier molecular flexibility index (Phi) is 4.15. The van der Waals surface area contributed by atoms with Gasteiger partial charge in [-0.05, 0) is 29.4 Å². The van der Waals surface area contributed by atoms with Crippen molar-refractivity contribution in [3.8, 4) is 11.5 Å². The average Bonchev–Trinajstić information content (AvgIpc) is 2.36. The van der Waals surface area contributed by atoms with Crippen LogP contribution in [0.4, 0.5) is 0 Å². The molecule has 0 spiro atoms. The van der Waals surface area contributed by atoms with Gasteiger partial charge in [-0.1, -0.05) is 13.8 Å². The largest absolute Gasteiger partial charge is 0.486 e. The topological polar surface area (TPSA) is 18.5 Å². The zero-order valence-electron chi connectivity index (χ0n) is 10.2. The summed E-state index contributed by atoms with van der Waals surface area (Å²) in [6.45, 7) is 5.74. The predicted octanol–water partition coefficient (Wildman–Crippen LogP) is 3.51. The molecule has 0 atom stereocenters. The van der Waals surface area contributed by atoms with Gasteiger partial charge in [-0.2, -0.15) is 12.6 Å². The van der Waals surface area contributed by atoms with Crippen molar-refractivity contribution >= 4 is 24.4 Å². The van der Waals surface area contributed by atoms with Gasteiger partial charge in [-0.25, -0.2) is 0 Å². The number of fused-ring (bicyclic) bond motifs is 1. The van der Waals surface area contributed by atoms with Crippen LogP contribution >= 0.6 is 24.4 Å². The van der Waals surface area contributed by atoms with E-state index in [2.05, 4.69) is 38.6 Å². The van der Waals surface area contributed by atoms with Gasteiger partial charge in [0.05, 0.1) is 0 Å². The number of rotatable bonds is 4. The summed E-state index contributed by atoms with van der Waals surface area (Å²) in [4.78, 5) is 1.23. The zero-order valence-corrected chi connectivity index (χ0v) is 11.9. The molecule has 2 nitrogen and oxygen atoms in total. The Bertz CT molecular complexity index is 391. The molecule has 0 aliphatic carbocycles. The lowest BCUT2D eigenvalue weighted by Crippen LogP contribution is -2.17. The summed E-state index contributed by atoms with van der Waals surface area (Å²) >= 11 is 6.21. The summed E-state index contributed by atoms with van der Waals surface area (Å²) in [6.07, 6.45) is 0. The third-order valence-electron chi connectivity index (χ3n) is 2.57. The molecule has 1 aromatic rings. The van der Waals surface area contributed by atoms with Crippen LogP contribution in [-0.2, 0) is 0 Å². The minimum Gasteiger partial charge on any atom is -0.486 e. The van der Waals surface area contributed by atoms with Crippen LogP contribution in [0.2, 0.25) is 0 Å². The molecule has 0 unspecified atom stereocenters. The van der Waals surface area contributed by atoms with E-state index in [-0.39, 0.29) is 5.41 Å². The highest BCUT2D eigenvalue weighted by Gasteiger charge is 2.17. The first kappa shape index (κ1) is 13.0. The lowest BCUT2D eigenvalue weighted by molar-refractivity contribution is 0.171. The second-order valence-electron chi connectivity index (χ2n) is 4.92. The average molecular weight is 270 g/mol. The minimum atomic E-state index is 0.251. The standard InChI is InChI=1S/C13H18O2S2/c1-13(2,8-16)9-17-10-3-4-11-12(7-10)15-6-5-14-11/h3-4,7,16H,5-6,8-9H2,1-2H3. The Morgan fingerprint density at radius 1 is 1.24 bits per heavy atom. The van der Waals surface area contributed by atoms with Gasteiger partial charge >= 0.3 is 0 Å². The highest BCUT2D eigenvalue weighted by Crippen LogP contribution is 2.36. The van der Waals surface area contributed by atoms with Gasteiger partial charge < -0.3 is 9.47 Å². The van der Waals surface area contributed by atoms with Gasteiger partial charge in [-0.15, -0.1) is 11.8 Å². The fourth-order valence-electron chi connectivity index (χ4n) is 1.44. The first-order chi connectivity index (χ1) is 8.11. The Balaban J connectivity index is 2.02. The predicted molar refractivity (Wildman–Crippen MR) is 75.8 cm³/mol. The summed E-state index contributed by atoms with van der Waals surface area (Å²) in [5, 5.41) is 0. The first-order valence-corrected chi connectivity index (χ1v) is 7.36. The molecular formula is C13H18O2S2. The molecule has 2 rings (SSSR count). The van der Waals surface area contributed by atoms with Crippen LogP contribution in [0.5, 0.6) is 11.5 Å². The second kappa shape index (κ2) is 5.44. The van der Waals surface area contributed by atoms with Gasteiger partial charge in [0.1, 0.15) is 13.2 Å². The van der Waals surface area contributed by atoms with Crippen molar-refractivity contribution in [1.29, 1.82) is 0 Å². The number of thioether (sulfide) groups is 1. The van der Waals surface area contributed by atoms with Crippen molar-refractivity contribution in [3.63, 3.8) is 0 Å². The van der Waals surface area contributed by atoms with Crippen molar-refractivity contribution in [2.75, 3.05) is 24.7 Å². The molecule has 0 bridgehead atoms. The summed E-state index contributed by atoms with van der Waals surface area (Å²) < 4.78 is 11.1. The molecule has 0 saturated carbocycles. The molecule has 17 heavy (non-hydrogen) atoms. The molecule has 0 amide bonds. The van der Waals surface area contributed by atoms with Crippen molar-refractivity contribution in [2.45, 2.75) is 18.7 Å². The van der Waals surface area contributed by atoms with Gasteiger partial charge in [0.2, 0.25) is 0 Å². The summed E-state index contributed by atoms with van der Waals surface area (Å²) in [6, 6.07) is 6.14. The Hall–Kier alpha value is -0.480. The fraction of sp³-hybridized carbons (Fsp3) is 0.538. The van der Waals surface area contributed by atoms with Crippen LogP contribution in [-0.4, -0.2) is 24.7 Å². The number of ether oxygens (including phenoxy) is 2. The third kappa shape index (κ3) is 3.49. The maximum absolute atomic E-state index is 5.57. The van der Waals surface area contributed by atoms with Crippen LogP contribution < -0.4 is 9.47 Å². The molecule has 1 aromatic carbocycles. The first-order valence-electron chi connectivity index (χ1n) is 5.74. The van der Waals surface area contributed by atoms with E-state index in [4.69, 9.17) is 9.47 Å². The maximum atomic E-state index is 5.57. The zero-order chi connectivity index (χ0) is 12.3. The fourth-order valence-corrected chi connectivity index (χ4v) is 2.72. The molecule has 1 aliphatic heterocycles. The summed E-state index contributed by atoms with van der Waals surface area (Å²) in [5.41, 5.74) is 0.251. The highest BCUT2D eigenvalue weighted by atomic mass is 32.2. The van der Waals surface area contributed by atoms with E-state index in [9.17, 15) is 0 Å². The minimum absolute atomic E-state index is 0.251. The van der Waals surface area contributed by atoms with Crippen molar-refractivity contribution in [2.24, 2.45) is 5.41 Å². The lowest BCUT2D eigenvalue weighted by Gasteiger charge is -2.22. The molecule has 0 aromatic heterocycles. The lowest BCUT2D eigenvalue weighted by atomic mass is 10.0. The SMILES string of the molecule is CC(C)(CS)CSc1ccc2c(c1)OCCO2. The molecule has 1 heterocycles. The van der Waals surface area contributed by atoms with Gasteiger partial charge in [0, 0.05) is 10.6 Å². The van der Waals surface area contributed by atoms with Crippen molar-refractivity contribution in [1.82, 2.24) is 0 Å². The molecule has 0 fully saturated rings. The van der Waals surface area contributed by atoms with Crippen molar-refractivity contribution in [3.05, 3.63) is 18.2 Å².